The molecule has 3 aromatic rings. The normalized spacial score (nSPS) is 15.8. The number of nitrogens with one attached hydrogen (secondary N) is 3. The summed E-state index contributed by atoms with van der Waals surface area (Å²) in [5.41, 5.74) is 0.859. The molecule has 2 aromatic carbocycles. The summed E-state index contributed by atoms with van der Waals surface area (Å²) in [6.45, 7) is 8.61. The maximum atomic E-state index is 14.6. The summed E-state index contributed by atoms with van der Waals surface area (Å²) in [4.78, 5) is 17.9. The van der Waals surface area contributed by atoms with Crippen molar-refractivity contribution in [1.29, 1.82) is 0 Å². The Kier molecular flexibility index (Phi) is 9.28. The predicted octanol–water partition coefficient (Wildman–Crippen LogP) is 6.26. The molecule has 2 fully saturated rings. The van der Waals surface area contributed by atoms with E-state index >= 15 is 0 Å². The maximum Gasteiger partial charge on any atom is 0.393 e. The number of likely N-dealkylation sites (tertiary alicyclic amines) is 1. The largest absolute Gasteiger partial charge is 0.424 e. The first-order valence-electron chi connectivity index (χ1n) is 14.0. The molecule has 1 aliphatic heterocycles. The highest BCUT2D eigenvalue weighted by molar-refractivity contribution is 7.20. The Morgan fingerprint density at radius 1 is 1.19 bits per heavy atom. The molecular weight excluding hydrogens is 582 g/mol. The minimum absolute atomic E-state index is 0.0441. The van der Waals surface area contributed by atoms with Crippen LogP contribution in [0.1, 0.15) is 46.5 Å². The van der Waals surface area contributed by atoms with Crippen molar-refractivity contribution in [1.82, 2.24) is 10.2 Å². The fourth-order valence-electron chi connectivity index (χ4n) is 5.32. The van der Waals surface area contributed by atoms with Crippen molar-refractivity contribution in [2.75, 3.05) is 44.0 Å². The van der Waals surface area contributed by atoms with Crippen molar-refractivity contribution in [2.24, 2.45) is 0 Å². The Hall–Kier alpha value is -4.00. The van der Waals surface area contributed by atoms with E-state index in [1.54, 1.807) is 12.1 Å². The minimum atomic E-state index is -4.42. The van der Waals surface area contributed by atoms with Gasteiger partial charge in [0, 0.05) is 38.3 Å². The van der Waals surface area contributed by atoms with Crippen LogP contribution in [-0.2, 0) is 6.42 Å². The fourth-order valence-corrected chi connectivity index (χ4v) is 6.49. The molecule has 12 heteroatoms. The summed E-state index contributed by atoms with van der Waals surface area (Å²) in [7, 11) is 1.36. The van der Waals surface area contributed by atoms with Crippen LogP contribution in [0.4, 0.5) is 28.9 Å². The monoisotopic (exact) mass is 613 g/mol. The molecule has 2 heterocycles. The highest BCUT2D eigenvalue weighted by atomic mass is 32.1. The van der Waals surface area contributed by atoms with Crippen molar-refractivity contribution >= 4 is 38.7 Å². The zero-order chi connectivity index (χ0) is 30.6. The average molecular weight is 614 g/mol. The number of fused-ring (bicyclic) bond motifs is 1. The lowest BCUT2D eigenvalue weighted by molar-refractivity contribution is -0.126. The Labute approximate surface area is 251 Å². The van der Waals surface area contributed by atoms with Crippen LogP contribution in [-0.4, -0.2) is 62.5 Å². The van der Waals surface area contributed by atoms with Crippen LogP contribution in [0.5, 0.6) is 5.75 Å². The van der Waals surface area contributed by atoms with Gasteiger partial charge in [-0.15, -0.1) is 11.3 Å². The first kappa shape index (κ1) is 30.5. The molecule has 7 nitrogen and oxygen atoms in total. The Morgan fingerprint density at radius 2 is 1.95 bits per heavy atom. The van der Waals surface area contributed by atoms with E-state index in [2.05, 4.69) is 37.5 Å². The minimum Gasteiger partial charge on any atom is -0.424 e. The summed E-state index contributed by atoms with van der Waals surface area (Å²) in [5.74, 6) is 4.36. The summed E-state index contributed by atoms with van der Waals surface area (Å²) in [6, 6.07) is 8.61. The molecule has 1 amide bonds. The van der Waals surface area contributed by atoms with E-state index in [1.807, 2.05) is 6.07 Å². The molecule has 1 aliphatic carbocycles. The van der Waals surface area contributed by atoms with Gasteiger partial charge in [-0.25, -0.2) is 11.0 Å². The van der Waals surface area contributed by atoms with Gasteiger partial charge < -0.3 is 25.6 Å². The molecule has 3 N–H and O–H groups in total. The standard InChI is InChI=1S/C31H31F4N5O2S/c1-36-18-42-27-15-22(30(41)37-2)24(32)16-26(27)38-12-4-7-28-23(17-31(33,34)35)21-5-3-6-25(29(21)43-28)39-19-10-13-40(14-11-19)20-8-9-20/h3,5-6,15-16,19-20,38-39H,8-14,17-18H2,2H3,(H,37,41). The molecule has 1 aromatic heterocycles. The molecule has 0 unspecified atom stereocenters. The van der Waals surface area contributed by atoms with Gasteiger partial charge in [0.15, 0.2) is 5.75 Å². The lowest BCUT2D eigenvalue weighted by Gasteiger charge is -2.33. The van der Waals surface area contributed by atoms with Crippen molar-refractivity contribution < 1.29 is 27.1 Å². The van der Waals surface area contributed by atoms with Crippen LogP contribution in [0.25, 0.3) is 14.9 Å². The molecule has 0 spiro atoms. The Balaban J connectivity index is 1.37. The Morgan fingerprint density at radius 3 is 2.63 bits per heavy atom. The van der Waals surface area contributed by atoms with Crippen molar-refractivity contribution in [3.8, 4) is 17.6 Å². The van der Waals surface area contributed by atoms with Gasteiger partial charge in [-0.05, 0) is 48.8 Å². The summed E-state index contributed by atoms with van der Waals surface area (Å²) >= 11 is 1.23. The second-order valence-corrected chi connectivity index (χ2v) is 11.6. The fraction of sp³-hybridized carbons (Fsp3) is 0.419. The summed E-state index contributed by atoms with van der Waals surface area (Å²) in [6.07, 6.45) is -1.01. The van der Waals surface area contributed by atoms with E-state index < -0.39 is 24.3 Å². The van der Waals surface area contributed by atoms with Gasteiger partial charge in [-0.1, -0.05) is 24.0 Å². The van der Waals surface area contributed by atoms with Gasteiger partial charge in [0.1, 0.15) is 5.82 Å². The summed E-state index contributed by atoms with van der Waals surface area (Å²) in [5, 5.41) is 9.35. The quantitative estimate of drug-likeness (QED) is 0.151. The lowest BCUT2D eigenvalue weighted by atomic mass is 10.0. The topological polar surface area (TPSA) is 70.0 Å². The van der Waals surface area contributed by atoms with Gasteiger partial charge in [-0.3, -0.25) is 9.64 Å². The summed E-state index contributed by atoms with van der Waals surface area (Å²) < 4.78 is 61.6. The van der Waals surface area contributed by atoms with Crippen LogP contribution in [0.2, 0.25) is 0 Å². The van der Waals surface area contributed by atoms with Gasteiger partial charge in [-0.2, -0.15) is 13.2 Å². The van der Waals surface area contributed by atoms with E-state index in [1.165, 1.54) is 37.3 Å². The molecule has 0 bridgehead atoms. The average Bonchev–Trinajstić information content (AvgIpc) is 3.77. The zero-order valence-electron chi connectivity index (χ0n) is 23.5. The highest BCUT2D eigenvalue weighted by Crippen LogP contribution is 2.40. The number of carbonyl (C=O) groups is 1. The number of carbonyl (C=O) groups excluding carboxylic acids is 1. The van der Waals surface area contributed by atoms with E-state index in [9.17, 15) is 22.4 Å². The number of thiophene rings is 1. The van der Waals surface area contributed by atoms with Gasteiger partial charge in [0.25, 0.3) is 5.91 Å². The highest BCUT2D eigenvalue weighted by Gasteiger charge is 2.33. The molecule has 1 saturated heterocycles. The van der Waals surface area contributed by atoms with Gasteiger partial charge in [0.2, 0.25) is 0 Å². The van der Waals surface area contributed by atoms with Gasteiger partial charge >= 0.3 is 12.9 Å². The first-order chi connectivity index (χ1) is 20.7. The van der Waals surface area contributed by atoms with E-state index in [4.69, 9.17) is 11.3 Å². The van der Waals surface area contributed by atoms with Crippen LogP contribution in [0.15, 0.2) is 30.3 Å². The molecule has 43 heavy (non-hydrogen) atoms. The number of nitrogens with zero attached hydrogens (tertiary/aromatic N) is 2. The lowest BCUT2D eigenvalue weighted by Crippen LogP contribution is -2.40. The van der Waals surface area contributed by atoms with E-state index in [0.717, 1.165) is 48.4 Å². The number of amides is 1. The second kappa shape index (κ2) is 13.1. The number of alkyl halides is 3. The second-order valence-electron chi connectivity index (χ2n) is 10.6. The van der Waals surface area contributed by atoms with Gasteiger partial charge in [0.05, 0.1) is 39.5 Å². The van der Waals surface area contributed by atoms with Crippen LogP contribution in [0.3, 0.4) is 0 Å². The van der Waals surface area contributed by atoms with Crippen LogP contribution >= 0.6 is 11.3 Å². The number of hydrogen-bond acceptors (Lipinski definition) is 6. The number of ether oxygens (including phenoxy) is 1. The van der Waals surface area contributed by atoms with E-state index in [-0.39, 0.29) is 41.9 Å². The van der Waals surface area contributed by atoms with Crippen molar-refractivity contribution in [3.63, 3.8) is 0 Å². The zero-order valence-corrected chi connectivity index (χ0v) is 24.4. The molecule has 0 radical (unpaired) electrons. The first-order valence-corrected chi connectivity index (χ1v) is 14.8. The smallest absolute Gasteiger partial charge is 0.393 e. The molecule has 2 aliphatic rings. The molecule has 226 valence electrons. The number of hydrogen-bond donors (Lipinski definition) is 3. The number of halogens is 4. The maximum absolute atomic E-state index is 14.6. The molecule has 1 saturated carbocycles. The Bertz CT molecular complexity index is 1590. The number of anilines is 2. The van der Waals surface area contributed by atoms with Crippen LogP contribution in [0, 0.1) is 24.2 Å². The SMILES string of the molecule is [C-]#[N+]COc1cc(C(=O)NC)c(F)cc1NCC#Cc1sc2c(NC3CCN(C4CC4)CC3)cccc2c1CC(F)(F)F. The van der Waals surface area contributed by atoms with Crippen LogP contribution < -0.4 is 20.7 Å². The van der Waals surface area contributed by atoms with Crippen molar-refractivity contribution in [3.05, 3.63) is 63.6 Å². The molecule has 5 rings (SSSR count). The number of benzene rings is 2. The third-order valence-electron chi connectivity index (χ3n) is 7.54. The predicted molar refractivity (Wildman–Crippen MR) is 160 cm³/mol. The molecule has 0 atom stereocenters. The third-order valence-corrected chi connectivity index (χ3v) is 8.74. The third kappa shape index (κ3) is 7.51. The van der Waals surface area contributed by atoms with Crippen molar-refractivity contribution in [2.45, 2.75) is 50.4 Å². The number of piperidine rings is 1. The van der Waals surface area contributed by atoms with E-state index in [0.29, 0.717) is 10.3 Å². The molecular formula is C31H31F4N5O2S. The number of rotatable bonds is 9.